The Kier molecular flexibility index (Phi) is 7.12. The molecule has 31 heavy (non-hydrogen) atoms. The lowest BCUT2D eigenvalue weighted by atomic mass is 10.1. The number of thiophene rings is 1. The summed E-state index contributed by atoms with van der Waals surface area (Å²) in [6.07, 6.45) is 1.90. The maximum Gasteiger partial charge on any atom is 0.261 e. The molecule has 0 bridgehead atoms. The van der Waals surface area contributed by atoms with E-state index in [4.69, 9.17) is 4.74 Å². The van der Waals surface area contributed by atoms with Crippen molar-refractivity contribution in [1.29, 1.82) is 0 Å². The Labute approximate surface area is 186 Å². The van der Waals surface area contributed by atoms with E-state index in [0.717, 1.165) is 18.4 Å². The van der Waals surface area contributed by atoms with E-state index in [1.54, 1.807) is 6.07 Å². The van der Waals surface area contributed by atoms with Gasteiger partial charge in [0.2, 0.25) is 0 Å². The maximum absolute atomic E-state index is 12.8. The van der Waals surface area contributed by atoms with Gasteiger partial charge >= 0.3 is 0 Å². The highest BCUT2D eigenvalue weighted by atomic mass is 32.1. The first-order chi connectivity index (χ1) is 15.2. The highest BCUT2D eigenvalue weighted by molar-refractivity contribution is 7.12. The van der Waals surface area contributed by atoms with Crippen molar-refractivity contribution in [3.63, 3.8) is 0 Å². The van der Waals surface area contributed by atoms with Crippen molar-refractivity contribution < 1.29 is 14.3 Å². The highest BCUT2D eigenvalue weighted by Crippen LogP contribution is 2.18. The van der Waals surface area contributed by atoms with Gasteiger partial charge in [-0.25, -0.2) is 0 Å². The van der Waals surface area contributed by atoms with E-state index in [1.165, 1.54) is 16.9 Å². The number of piperidine rings is 1. The molecule has 2 heterocycles. The van der Waals surface area contributed by atoms with Crippen LogP contribution in [0.5, 0.6) is 0 Å². The van der Waals surface area contributed by atoms with Crippen molar-refractivity contribution in [1.82, 2.24) is 10.2 Å². The van der Waals surface area contributed by atoms with Crippen LogP contribution < -0.4 is 5.32 Å². The average Bonchev–Trinajstić information content (AvgIpc) is 3.37. The normalized spacial score (nSPS) is 14.4. The van der Waals surface area contributed by atoms with Gasteiger partial charge in [-0.1, -0.05) is 48.5 Å². The number of carbonyl (C=O) groups excluding carboxylic acids is 2. The molecule has 160 valence electrons. The smallest absolute Gasteiger partial charge is 0.261 e. The number of likely N-dealkylation sites (tertiary alicyclic amines) is 1. The molecule has 1 aliphatic heterocycles. The quantitative estimate of drug-likeness (QED) is 0.596. The summed E-state index contributed by atoms with van der Waals surface area (Å²) in [5.74, 6) is -0.0248. The summed E-state index contributed by atoms with van der Waals surface area (Å²) >= 11 is 1.42. The third kappa shape index (κ3) is 5.81. The standard InChI is InChI=1S/C25H26N2O3S/c28-24(23-7-4-16-31-23)26-17-19-8-10-21(11-9-19)25(29)27-14-12-22(13-15-27)30-18-20-5-2-1-3-6-20/h1-11,16,22H,12-15,17-18H2,(H,26,28). The van der Waals surface area contributed by atoms with Crippen LogP contribution in [0.15, 0.2) is 72.1 Å². The number of benzene rings is 2. The molecule has 1 N–H and O–H groups in total. The molecule has 4 rings (SSSR count). The first kappa shape index (κ1) is 21.3. The molecule has 1 saturated heterocycles. The molecule has 0 atom stereocenters. The van der Waals surface area contributed by atoms with Gasteiger partial charge in [-0.15, -0.1) is 11.3 Å². The molecular weight excluding hydrogens is 408 g/mol. The predicted octanol–water partition coefficient (Wildman–Crippen LogP) is 4.50. The van der Waals surface area contributed by atoms with Crippen LogP contribution in [-0.4, -0.2) is 35.9 Å². The van der Waals surface area contributed by atoms with Gasteiger partial charge in [-0.05, 0) is 47.5 Å². The number of nitrogens with one attached hydrogen (secondary N) is 1. The van der Waals surface area contributed by atoms with Gasteiger partial charge in [-0.2, -0.15) is 0 Å². The molecule has 2 aromatic carbocycles. The molecule has 2 amide bonds. The van der Waals surface area contributed by atoms with E-state index in [1.807, 2.05) is 58.8 Å². The summed E-state index contributed by atoms with van der Waals surface area (Å²) in [6.45, 7) is 2.47. The summed E-state index contributed by atoms with van der Waals surface area (Å²) in [6, 6.07) is 21.3. The Bertz CT molecular complexity index is 979. The molecule has 5 nitrogen and oxygen atoms in total. The topological polar surface area (TPSA) is 58.6 Å². The van der Waals surface area contributed by atoms with Crippen molar-refractivity contribution >= 4 is 23.2 Å². The van der Waals surface area contributed by atoms with E-state index < -0.39 is 0 Å². The second-order valence-corrected chi connectivity index (χ2v) is 8.59. The first-order valence-corrected chi connectivity index (χ1v) is 11.4. The highest BCUT2D eigenvalue weighted by Gasteiger charge is 2.24. The van der Waals surface area contributed by atoms with Gasteiger partial charge in [0.1, 0.15) is 0 Å². The third-order valence-corrected chi connectivity index (χ3v) is 6.33. The lowest BCUT2D eigenvalue weighted by Gasteiger charge is -2.32. The Morgan fingerprint density at radius 1 is 0.935 bits per heavy atom. The van der Waals surface area contributed by atoms with E-state index >= 15 is 0 Å². The Morgan fingerprint density at radius 3 is 2.35 bits per heavy atom. The minimum Gasteiger partial charge on any atom is -0.373 e. The third-order valence-electron chi connectivity index (χ3n) is 5.46. The summed E-state index contributed by atoms with van der Waals surface area (Å²) in [5, 5.41) is 4.79. The minimum atomic E-state index is -0.0764. The van der Waals surface area contributed by atoms with Gasteiger partial charge in [0.25, 0.3) is 11.8 Å². The van der Waals surface area contributed by atoms with Crippen LogP contribution in [-0.2, 0) is 17.9 Å². The minimum absolute atomic E-state index is 0.0516. The summed E-state index contributed by atoms with van der Waals surface area (Å²) in [5.41, 5.74) is 2.82. The fraction of sp³-hybridized carbons (Fsp3) is 0.280. The lowest BCUT2D eigenvalue weighted by molar-refractivity contribution is -0.000382. The second-order valence-electron chi connectivity index (χ2n) is 7.65. The number of hydrogen-bond donors (Lipinski definition) is 1. The molecule has 1 fully saturated rings. The number of rotatable bonds is 7. The van der Waals surface area contributed by atoms with Crippen LogP contribution in [0, 0.1) is 0 Å². The zero-order valence-corrected chi connectivity index (χ0v) is 18.1. The van der Waals surface area contributed by atoms with Crippen LogP contribution in [0.3, 0.4) is 0 Å². The fourth-order valence-corrected chi connectivity index (χ4v) is 4.28. The number of ether oxygens (including phenoxy) is 1. The van der Waals surface area contributed by atoms with Gasteiger partial charge in [0, 0.05) is 25.2 Å². The van der Waals surface area contributed by atoms with Crippen LogP contribution in [0.1, 0.15) is 44.0 Å². The van der Waals surface area contributed by atoms with Gasteiger partial charge in [0.15, 0.2) is 0 Å². The predicted molar refractivity (Wildman–Crippen MR) is 122 cm³/mol. The molecule has 0 saturated carbocycles. The molecule has 3 aromatic rings. The molecule has 0 radical (unpaired) electrons. The zero-order valence-electron chi connectivity index (χ0n) is 17.3. The molecule has 1 aliphatic rings. The Morgan fingerprint density at radius 2 is 1.68 bits per heavy atom. The molecule has 1 aromatic heterocycles. The molecular formula is C25H26N2O3S. The van der Waals surface area contributed by atoms with Crippen LogP contribution in [0.25, 0.3) is 0 Å². The molecule has 6 heteroatoms. The van der Waals surface area contributed by atoms with E-state index in [0.29, 0.717) is 36.7 Å². The molecule has 0 aliphatic carbocycles. The summed E-state index contributed by atoms with van der Waals surface area (Å²) < 4.78 is 6.02. The van der Waals surface area contributed by atoms with Crippen molar-refractivity contribution in [2.24, 2.45) is 0 Å². The lowest BCUT2D eigenvalue weighted by Crippen LogP contribution is -2.40. The van der Waals surface area contributed by atoms with E-state index in [2.05, 4.69) is 17.4 Å². The maximum atomic E-state index is 12.8. The van der Waals surface area contributed by atoms with Crippen LogP contribution in [0.4, 0.5) is 0 Å². The van der Waals surface area contributed by atoms with Gasteiger partial charge in [-0.3, -0.25) is 9.59 Å². The van der Waals surface area contributed by atoms with Crippen molar-refractivity contribution in [2.75, 3.05) is 13.1 Å². The molecule has 0 unspecified atom stereocenters. The fourth-order valence-electron chi connectivity index (χ4n) is 3.64. The van der Waals surface area contributed by atoms with E-state index in [-0.39, 0.29) is 17.9 Å². The number of carbonyl (C=O) groups is 2. The number of nitrogens with zero attached hydrogens (tertiary/aromatic N) is 1. The zero-order chi connectivity index (χ0) is 21.5. The number of hydrogen-bond acceptors (Lipinski definition) is 4. The monoisotopic (exact) mass is 434 g/mol. The summed E-state index contributed by atoms with van der Waals surface area (Å²) in [7, 11) is 0. The SMILES string of the molecule is O=C(NCc1ccc(C(=O)N2CCC(OCc3ccccc3)CC2)cc1)c1cccs1. The molecule has 0 spiro atoms. The average molecular weight is 435 g/mol. The van der Waals surface area contributed by atoms with Crippen molar-refractivity contribution in [2.45, 2.75) is 32.1 Å². The van der Waals surface area contributed by atoms with Crippen LogP contribution in [0.2, 0.25) is 0 Å². The first-order valence-electron chi connectivity index (χ1n) is 10.5. The van der Waals surface area contributed by atoms with Gasteiger partial charge in [0.05, 0.1) is 17.6 Å². The number of amides is 2. The summed E-state index contributed by atoms with van der Waals surface area (Å²) in [4.78, 5) is 27.5. The largest absolute Gasteiger partial charge is 0.373 e. The van der Waals surface area contributed by atoms with Crippen molar-refractivity contribution in [3.8, 4) is 0 Å². The Balaban J connectivity index is 1.23. The van der Waals surface area contributed by atoms with Crippen LogP contribution >= 0.6 is 11.3 Å². The van der Waals surface area contributed by atoms with Gasteiger partial charge < -0.3 is 15.0 Å². The Hall–Kier alpha value is -2.96. The second kappa shape index (κ2) is 10.4. The van der Waals surface area contributed by atoms with E-state index in [9.17, 15) is 9.59 Å². The van der Waals surface area contributed by atoms with Crippen molar-refractivity contribution in [3.05, 3.63) is 93.7 Å².